The van der Waals surface area contributed by atoms with Crippen LogP contribution in [0.15, 0.2) is 11.5 Å². The van der Waals surface area contributed by atoms with Gasteiger partial charge in [0.1, 0.15) is 11.2 Å². The molecule has 0 radical (unpaired) electrons. The van der Waals surface area contributed by atoms with Gasteiger partial charge in [0.25, 0.3) is 0 Å². The number of rotatable bonds is 2. The molecule has 4 heterocycles. The zero-order chi connectivity index (χ0) is 14.6. The lowest BCUT2D eigenvalue weighted by Crippen LogP contribution is -2.26. The Hall–Kier alpha value is -1.18. The van der Waals surface area contributed by atoms with Gasteiger partial charge in [0.2, 0.25) is 0 Å². The van der Waals surface area contributed by atoms with Gasteiger partial charge < -0.3 is 4.74 Å². The van der Waals surface area contributed by atoms with Crippen LogP contribution in [0.2, 0.25) is 0 Å². The van der Waals surface area contributed by atoms with E-state index in [0.717, 1.165) is 22.1 Å². The lowest BCUT2D eigenvalue weighted by molar-refractivity contribution is 0.00203. The van der Waals surface area contributed by atoms with Crippen molar-refractivity contribution in [2.24, 2.45) is 5.92 Å². The molecule has 0 aliphatic carbocycles. The van der Waals surface area contributed by atoms with Crippen LogP contribution >= 0.6 is 23.1 Å². The molecule has 0 spiro atoms. The van der Waals surface area contributed by atoms with Gasteiger partial charge in [-0.2, -0.15) is 0 Å². The number of thiophene rings is 1. The molecule has 1 atom stereocenters. The molecule has 1 aliphatic heterocycles. The van der Waals surface area contributed by atoms with Gasteiger partial charge >= 0.3 is 0 Å². The number of thioether (sulfide) groups is 1. The average molecular weight is 320 g/mol. The Balaban J connectivity index is 1.99. The Kier molecular flexibility index (Phi) is 3.16. The summed E-state index contributed by atoms with van der Waals surface area (Å²) < 4.78 is 7.97. The van der Waals surface area contributed by atoms with E-state index in [4.69, 9.17) is 9.72 Å². The Morgan fingerprint density at radius 2 is 2.33 bits per heavy atom. The molecule has 0 aromatic carbocycles. The molecule has 0 N–H and O–H groups in total. The number of hydrogen-bond donors (Lipinski definition) is 0. The highest BCUT2D eigenvalue weighted by Crippen LogP contribution is 2.38. The largest absolute Gasteiger partial charge is 0.372 e. The van der Waals surface area contributed by atoms with Gasteiger partial charge in [0.15, 0.2) is 10.8 Å². The van der Waals surface area contributed by atoms with E-state index in [2.05, 4.69) is 24.0 Å². The van der Waals surface area contributed by atoms with Crippen LogP contribution < -0.4 is 0 Å². The molecule has 110 valence electrons. The van der Waals surface area contributed by atoms with Crippen LogP contribution in [-0.4, -0.2) is 31.9 Å². The minimum absolute atomic E-state index is 0.276. The molecular weight excluding hydrogens is 304 g/mol. The van der Waals surface area contributed by atoms with Crippen molar-refractivity contribution in [3.05, 3.63) is 16.8 Å². The van der Waals surface area contributed by atoms with Crippen molar-refractivity contribution in [1.82, 2.24) is 19.6 Å². The third-order valence-corrected chi connectivity index (χ3v) is 5.76. The predicted molar refractivity (Wildman–Crippen MR) is 85.1 cm³/mol. The minimum atomic E-state index is 0.276. The molecule has 0 bridgehead atoms. The van der Waals surface area contributed by atoms with Crippen LogP contribution in [0.4, 0.5) is 0 Å². The van der Waals surface area contributed by atoms with Crippen molar-refractivity contribution < 1.29 is 4.74 Å². The Bertz CT molecular complexity index is 823. The zero-order valence-electron chi connectivity index (χ0n) is 12.2. The summed E-state index contributed by atoms with van der Waals surface area (Å²) in [6.07, 6.45) is 4.99. The fourth-order valence-corrected chi connectivity index (χ4v) is 4.53. The minimum Gasteiger partial charge on any atom is -0.372 e. The fraction of sp³-hybridized carbons (Fsp3) is 0.500. The molecule has 7 heteroatoms. The van der Waals surface area contributed by atoms with Gasteiger partial charge in [-0.05, 0) is 17.7 Å². The monoisotopic (exact) mass is 320 g/mol. The molecule has 3 aromatic heterocycles. The Morgan fingerprint density at radius 3 is 3.10 bits per heavy atom. The van der Waals surface area contributed by atoms with Crippen LogP contribution in [0, 0.1) is 5.92 Å². The van der Waals surface area contributed by atoms with Crippen molar-refractivity contribution in [2.75, 3.05) is 6.26 Å². The maximum absolute atomic E-state index is 5.98. The Morgan fingerprint density at radius 1 is 1.48 bits per heavy atom. The summed E-state index contributed by atoms with van der Waals surface area (Å²) in [6, 6.07) is 0. The zero-order valence-corrected chi connectivity index (χ0v) is 13.8. The second-order valence-corrected chi connectivity index (χ2v) is 7.46. The summed E-state index contributed by atoms with van der Waals surface area (Å²) in [6.45, 7) is 5.11. The summed E-state index contributed by atoms with van der Waals surface area (Å²) in [4.78, 5) is 7.12. The van der Waals surface area contributed by atoms with E-state index in [0.29, 0.717) is 12.5 Å². The molecule has 0 saturated carbocycles. The van der Waals surface area contributed by atoms with Gasteiger partial charge in [-0.1, -0.05) is 25.6 Å². The third-order valence-electron chi connectivity index (χ3n) is 4.01. The standard InChI is InChI=1S/C14H16N4OS2/c1-7(2)9-4-8-10(5-19-9)21-13-11(8)12-17-15-6-18(12)14(16-13)20-3/h6-7,9H,4-5H2,1-3H3/t9-/m0/s1. The van der Waals surface area contributed by atoms with E-state index >= 15 is 0 Å². The number of aromatic nitrogens is 4. The second kappa shape index (κ2) is 4.93. The summed E-state index contributed by atoms with van der Waals surface area (Å²) in [5, 5.41) is 10.5. The van der Waals surface area contributed by atoms with Crippen LogP contribution in [0.5, 0.6) is 0 Å². The van der Waals surface area contributed by atoms with E-state index in [9.17, 15) is 0 Å². The fourth-order valence-electron chi connectivity index (χ4n) is 2.84. The van der Waals surface area contributed by atoms with Crippen LogP contribution in [0.25, 0.3) is 15.9 Å². The first-order chi connectivity index (χ1) is 10.2. The third kappa shape index (κ3) is 1.98. The molecule has 0 fully saturated rings. The number of ether oxygens (including phenoxy) is 1. The highest BCUT2D eigenvalue weighted by atomic mass is 32.2. The Labute approximate surface area is 130 Å². The smallest absolute Gasteiger partial charge is 0.176 e. The van der Waals surface area contributed by atoms with Gasteiger partial charge in [-0.15, -0.1) is 21.5 Å². The summed E-state index contributed by atoms with van der Waals surface area (Å²) >= 11 is 3.35. The molecular formula is C14H16N4OS2. The summed E-state index contributed by atoms with van der Waals surface area (Å²) in [5.41, 5.74) is 2.28. The summed E-state index contributed by atoms with van der Waals surface area (Å²) in [5.74, 6) is 0.514. The van der Waals surface area contributed by atoms with Crippen molar-refractivity contribution in [2.45, 2.75) is 38.1 Å². The molecule has 0 unspecified atom stereocenters. The summed E-state index contributed by atoms with van der Waals surface area (Å²) in [7, 11) is 0. The molecule has 1 aliphatic rings. The first kappa shape index (κ1) is 13.5. The first-order valence-electron chi connectivity index (χ1n) is 6.98. The topological polar surface area (TPSA) is 52.3 Å². The predicted octanol–water partition coefficient (Wildman–Crippen LogP) is 3.16. The van der Waals surface area contributed by atoms with E-state index in [1.807, 2.05) is 10.7 Å². The van der Waals surface area contributed by atoms with Gasteiger partial charge in [-0.3, -0.25) is 4.40 Å². The highest BCUT2D eigenvalue weighted by Gasteiger charge is 2.28. The van der Waals surface area contributed by atoms with Gasteiger partial charge in [-0.25, -0.2) is 4.98 Å². The maximum Gasteiger partial charge on any atom is 0.176 e. The molecule has 21 heavy (non-hydrogen) atoms. The van der Waals surface area contributed by atoms with Crippen molar-refractivity contribution in [3.8, 4) is 0 Å². The average Bonchev–Trinajstić information content (AvgIpc) is 3.08. The highest BCUT2D eigenvalue weighted by molar-refractivity contribution is 7.98. The van der Waals surface area contributed by atoms with Crippen molar-refractivity contribution in [3.63, 3.8) is 0 Å². The van der Waals surface area contributed by atoms with Crippen molar-refractivity contribution >= 4 is 39.0 Å². The van der Waals surface area contributed by atoms with E-state index in [1.165, 1.54) is 15.8 Å². The molecule has 0 saturated heterocycles. The van der Waals surface area contributed by atoms with Crippen LogP contribution in [0.1, 0.15) is 24.3 Å². The van der Waals surface area contributed by atoms with Crippen LogP contribution in [0.3, 0.4) is 0 Å². The lowest BCUT2D eigenvalue weighted by atomic mass is 9.96. The number of hydrogen-bond acceptors (Lipinski definition) is 6. The number of nitrogens with zero attached hydrogens (tertiary/aromatic N) is 4. The molecule has 0 amide bonds. The first-order valence-corrected chi connectivity index (χ1v) is 9.02. The maximum atomic E-state index is 5.98. The molecule has 4 rings (SSSR count). The van der Waals surface area contributed by atoms with Gasteiger partial charge in [0, 0.05) is 11.3 Å². The SMILES string of the molecule is CSc1nc2sc3c(c2c2nncn12)C[C@@H](C(C)C)OC3. The van der Waals surface area contributed by atoms with E-state index in [-0.39, 0.29) is 6.10 Å². The molecule has 5 nitrogen and oxygen atoms in total. The lowest BCUT2D eigenvalue weighted by Gasteiger charge is -2.26. The van der Waals surface area contributed by atoms with Crippen LogP contribution in [-0.2, 0) is 17.8 Å². The quantitative estimate of drug-likeness (QED) is 0.536. The van der Waals surface area contributed by atoms with E-state index < -0.39 is 0 Å². The van der Waals surface area contributed by atoms with Gasteiger partial charge in [0.05, 0.1) is 18.1 Å². The van der Waals surface area contributed by atoms with E-state index in [1.54, 1.807) is 29.4 Å². The normalized spacial score (nSPS) is 18.8. The molecule has 3 aromatic rings. The number of fused-ring (bicyclic) bond motifs is 5. The second-order valence-electron chi connectivity index (χ2n) is 5.60. The van der Waals surface area contributed by atoms with Crippen molar-refractivity contribution in [1.29, 1.82) is 0 Å².